The number of β-amino-alcohol motifs (C(OH)–C–C–N with tert-alkyl or cyclic N) is 1. The van der Waals surface area contributed by atoms with Crippen LogP contribution in [0.5, 0.6) is 0 Å². The fraction of sp³-hybridized carbons (Fsp3) is 0.400. The van der Waals surface area contributed by atoms with E-state index in [-0.39, 0.29) is 11.9 Å². The molecule has 0 saturated carbocycles. The van der Waals surface area contributed by atoms with Gasteiger partial charge in [-0.15, -0.1) is 0 Å². The number of benzene rings is 1. The summed E-state index contributed by atoms with van der Waals surface area (Å²) in [5.41, 5.74) is 1.72. The molecule has 2 heterocycles. The van der Waals surface area contributed by atoms with Crippen LogP contribution in [0.15, 0.2) is 34.9 Å². The van der Waals surface area contributed by atoms with Gasteiger partial charge >= 0.3 is 0 Å². The lowest BCUT2D eigenvalue weighted by atomic mass is 10.0. The number of aryl methyl sites for hydroxylation is 1. The van der Waals surface area contributed by atoms with E-state index in [1.807, 2.05) is 19.1 Å². The van der Waals surface area contributed by atoms with E-state index in [4.69, 9.17) is 4.52 Å². The van der Waals surface area contributed by atoms with E-state index >= 15 is 0 Å². The largest absolute Gasteiger partial charge is 0.392 e. The van der Waals surface area contributed by atoms with Crippen LogP contribution >= 0.6 is 0 Å². The maximum atomic E-state index is 13.4. The summed E-state index contributed by atoms with van der Waals surface area (Å²) < 4.78 is 18.4. The van der Waals surface area contributed by atoms with E-state index in [2.05, 4.69) is 10.1 Å². The van der Waals surface area contributed by atoms with E-state index in [1.165, 1.54) is 12.1 Å². The molecule has 1 fully saturated rings. The molecule has 5 heteroatoms. The van der Waals surface area contributed by atoms with Gasteiger partial charge in [-0.1, -0.05) is 17.3 Å². The van der Waals surface area contributed by atoms with Crippen LogP contribution in [0.25, 0.3) is 0 Å². The first-order valence-corrected chi connectivity index (χ1v) is 6.71. The zero-order valence-corrected chi connectivity index (χ0v) is 11.3. The Labute approximate surface area is 116 Å². The van der Waals surface area contributed by atoms with Crippen molar-refractivity contribution in [3.63, 3.8) is 0 Å². The lowest BCUT2D eigenvalue weighted by Gasteiger charge is -2.23. The number of hydrogen-bond acceptors (Lipinski definition) is 4. The summed E-state index contributed by atoms with van der Waals surface area (Å²) in [4.78, 5) is 2.11. The summed E-state index contributed by atoms with van der Waals surface area (Å²) in [6.45, 7) is 3.00. The molecule has 1 saturated heterocycles. The highest BCUT2D eigenvalue weighted by atomic mass is 19.1. The lowest BCUT2D eigenvalue weighted by Crippen LogP contribution is -2.24. The first-order valence-electron chi connectivity index (χ1n) is 6.71. The molecular formula is C15H17FN2O2. The summed E-state index contributed by atoms with van der Waals surface area (Å²) >= 11 is 0. The van der Waals surface area contributed by atoms with Crippen molar-refractivity contribution in [1.29, 1.82) is 0 Å². The first kappa shape index (κ1) is 13.3. The number of aliphatic hydroxyl groups is 1. The topological polar surface area (TPSA) is 49.5 Å². The predicted octanol–water partition coefficient (Wildman–Crippen LogP) is 2.43. The molecule has 106 valence electrons. The third kappa shape index (κ3) is 2.73. The first-order chi connectivity index (χ1) is 9.61. The molecule has 0 radical (unpaired) electrons. The second kappa shape index (κ2) is 5.34. The number of halogens is 1. The average molecular weight is 276 g/mol. The monoisotopic (exact) mass is 276 g/mol. The zero-order chi connectivity index (χ0) is 14.1. The summed E-state index contributed by atoms with van der Waals surface area (Å²) in [6, 6.07) is 8.45. The van der Waals surface area contributed by atoms with E-state index in [9.17, 15) is 9.50 Å². The van der Waals surface area contributed by atoms with Gasteiger partial charge in [0.05, 0.1) is 11.8 Å². The smallest absolute Gasteiger partial charge is 0.133 e. The van der Waals surface area contributed by atoms with Crippen molar-refractivity contribution >= 4 is 0 Å². The summed E-state index contributed by atoms with van der Waals surface area (Å²) in [5.74, 6) is 0.517. The minimum Gasteiger partial charge on any atom is -0.392 e. The van der Waals surface area contributed by atoms with Gasteiger partial charge in [0.25, 0.3) is 0 Å². The van der Waals surface area contributed by atoms with Crippen molar-refractivity contribution in [2.45, 2.75) is 32.0 Å². The van der Waals surface area contributed by atoms with Crippen molar-refractivity contribution < 1.29 is 14.0 Å². The molecule has 1 N–H and O–H groups in total. The van der Waals surface area contributed by atoms with Crippen LogP contribution in [0.3, 0.4) is 0 Å². The van der Waals surface area contributed by atoms with Crippen LogP contribution in [0.4, 0.5) is 4.39 Å². The van der Waals surface area contributed by atoms with Crippen LogP contribution < -0.4 is 0 Å². The molecule has 0 unspecified atom stereocenters. The Hall–Kier alpha value is -1.72. The summed E-state index contributed by atoms with van der Waals surface area (Å²) in [6.07, 6.45) is 0.219. The van der Waals surface area contributed by atoms with Crippen molar-refractivity contribution in [1.82, 2.24) is 10.1 Å². The van der Waals surface area contributed by atoms with Gasteiger partial charge in [0.1, 0.15) is 11.6 Å². The number of rotatable bonds is 3. The highest BCUT2D eigenvalue weighted by molar-refractivity contribution is 5.22. The molecular weight excluding hydrogens is 259 g/mol. The van der Waals surface area contributed by atoms with Crippen molar-refractivity contribution in [3.8, 4) is 0 Å². The minimum absolute atomic E-state index is 0.0118. The molecule has 1 aromatic carbocycles. The molecule has 0 bridgehead atoms. The quantitative estimate of drug-likeness (QED) is 0.935. The Morgan fingerprint density at radius 2 is 2.30 bits per heavy atom. The number of hydrogen-bond donors (Lipinski definition) is 1. The maximum Gasteiger partial charge on any atom is 0.133 e. The minimum atomic E-state index is -0.392. The Morgan fingerprint density at radius 1 is 1.45 bits per heavy atom. The lowest BCUT2D eigenvalue weighted by molar-refractivity contribution is 0.171. The average Bonchev–Trinajstić information content (AvgIpc) is 2.96. The van der Waals surface area contributed by atoms with Crippen LogP contribution in [0.2, 0.25) is 0 Å². The molecule has 3 rings (SSSR count). The Balaban J connectivity index is 1.81. The number of nitrogens with zero attached hydrogens (tertiary/aromatic N) is 2. The van der Waals surface area contributed by atoms with Gasteiger partial charge in [-0.2, -0.15) is 0 Å². The number of aliphatic hydroxyl groups excluding tert-OH is 1. The molecule has 2 atom stereocenters. The molecule has 1 aliphatic heterocycles. The molecule has 4 nitrogen and oxygen atoms in total. The fourth-order valence-corrected chi connectivity index (χ4v) is 2.82. The van der Waals surface area contributed by atoms with Crippen LogP contribution in [0.1, 0.15) is 29.5 Å². The fourth-order valence-electron chi connectivity index (χ4n) is 2.82. The van der Waals surface area contributed by atoms with Crippen molar-refractivity contribution in [3.05, 3.63) is 53.2 Å². The van der Waals surface area contributed by atoms with Gasteiger partial charge in [-0.25, -0.2) is 4.39 Å². The molecule has 0 spiro atoms. The molecule has 0 aliphatic carbocycles. The van der Waals surface area contributed by atoms with Crippen LogP contribution in [-0.2, 0) is 6.54 Å². The van der Waals surface area contributed by atoms with Crippen LogP contribution in [0, 0.1) is 12.7 Å². The SMILES string of the molecule is Cc1cc(CN2C[C@@H](O)C[C@@H]2c2cccc(F)c2)no1. The summed E-state index contributed by atoms with van der Waals surface area (Å²) in [7, 11) is 0. The van der Waals surface area contributed by atoms with E-state index in [0.29, 0.717) is 19.5 Å². The standard InChI is InChI=1S/C15H17FN2O2/c1-10-5-13(17-20-10)8-18-9-14(19)7-15(18)11-3-2-4-12(16)6-11/h2-6,14-15,19H,7-9H2,1H3/t14-,15+/m0/s1. The third-order valence-corrected chi connectivity index (χ3v) is 3.66. The Morgan fingerprint density at radius 3 is 3.00 bits per heavy atom. The van der Waals surface area contributed by atoms with Gasteiger partial charge in [0.2, 0.25) is 0 Å². The maximum absolute atomic E-state index is 13.4. The normalized spacial score (nSPS) is 23.4. The molecule has 20 heavy (non-hydrogen) atoms. The molecule has 1 aromatic heterocycles. The van der Waals surface area contributed by atoms with Crippen LogP contribution in [-0.4, -0.2) is 27.8 Å². The second-order valence-corrected chi connectivity index (χ2v) is 5.32. The van der Waals surface area contributed by atoms with Gasteiger partial charge in [-0.05, 0) is 31.0 Å². The number of aromatic nitrogens is 1. The van der Waals surface area contributed by atoms with Crippen molar-refractivity contribution in [2.24, 2.45) is 0 Å². The van der Waals surface area contributed by atoms with Crippen molar-refractivity contribution in [2.75, 3.05) is 6.54 Å². The van der Waals surface area contributed by atoms with Gasteiger partial charge in [0, 0.05) is 25.2 Å². The van der Waals surface area contributed by atoms with Gasteiger partial charge in [-0.3, -0.25) is 4.90 Å². The highest BCUT2D eigenvalue weighted by Crippen LogP contribution is 2.33. The highest BCUT2D eigenvalue weighted by Gasteiger charge is 2.32. The van der Waals surface area contributed by atoms with E-state index in [0.717, 1.165) is 17.0 Å². The molecule has 1 aliphatic rings. The predicted molar refractivity (Wildman–Crippen MR) is 71.4 cm³/mol. The Bertz CT molecular complexity index is 599. The molecule has 0 amide bonds. The Kier molecular flexibility index (Phi) is 3.54. The summed E-state index contributed by atoms with van der Waals surface area (Å²) in [5, 5.41) is 13.9. The third-order valence-electron chi connectivity index (χ3n) is 3.66. The van der Waals surface area contributed by atoms with Gasteiger partial charge < -0.3 is 9.63 Å². The second-order valence-electron chi connectivity index (χ2n) is 5.32. The van der Waals surface area contributed by atoms with E-state index < -0.39 is 6.10 Å². The molecule has 2 aromatic rings. The number of likely N-dealkylation sites (tertiary alicyclic amines) is 1. The van der Waals surface area contributed by atoms with Gasteiger partial charge in [0.15, 0.2) is 0 Å². The van der Waals surface area contributed by atoms with E-state index in [1.54, 1.807) is 6.07 Å². The zero-order valence-electron chi connectivity index (χ0n) is 11.3.